The van der Waals surface area contributed by atoms with Gasteiger partial charge in [-0.15, -0.1) is 0 Å². The number of hydrogen-bond acceptors (Lipinski definition) is 5. The molecule has 0 unspecified atom stereocenters. The predicted molar refractivity (Wildman–Crippen MR) is 187 cm³/mol. The van der Waals surface area contributed by atoms with E-state index in [2.05, 4.69) is 20.8 Å². The van der Waals surface area contributed by atoms with Crippen LogP contribution < -0.4 is 0 Å². The summed E-state index contributed by atoms with van der Waals surface area (Å²) < 4.78 is 10.6. The molecule has 0 rings (SSSR count). The van der Waals surface area contributed by atoms with E-state index in [1.165, 1.54) is 148 Å². The van der Waals surface area contributed by atoms with Gasteiger partial charge in [0.05, 0.1) is 6.61 Å². The van der Waals surface area contributed by atoms with Gasteiger partial charge in [0.1, 0.15) is 6.61 Å². The monoisotopic (exact) mass is 625 g/mol. The van der Waals surface area contributed by atoms with Crippen LogP contribution in [0.2, 0.25) is 0 Å². The number of esters is 2. The molecule has 0 saturated heterocycles. The van der Waals surface area contributed by atoms with Crippen molar-refractivity contribution in [2.24, 2.45) is 5.92 Å². The highest BCUT2D eigenvalue weighted by Crippen LogP contribution is 2.16. The lowest BCUT2D eigenvalue weighted by molar-refractivity contribution is -0.161. The molecule has 0 amide bonds. The van der Waals surface area contributed by atoms with Gasteiger partial charge in [0, 0.05) is 12.8 Å². The molecule has 0 heterocycles. The molecule has 0 aliphatic carbocycles. The second-order valence-corrected chi connectivity index (χ2v) is 13.9. The Hall–Kier alpha value is -1.10. The van der Waals surface area contributed by atoms with Crippen LogP contribution in [0.1, 0.15) is 213 Å². The van der Waals surface area contributed by atoms with E-state index in [-0.39, 0.29) is 25.2 Å². The van der Waals surface area contributed by atoms with E-state index in [0.717, 1.165) is 38.0 Å². The van der Waals surface area contributed by atoms with E-state index >= 15 is 0 Å². The molecule has 0 aliphatic rings. The van der Waals surface area contributed by atoms with Crippen LogP contribution in [-0.4, -0.2) is 36.4 Å². The van der Waals surface area contributed by atoms with Crippen LogP contribution in [-0.2, 0) is 19.1 Å². The number of carbonyl (C=O) groups is 2. The molecule has 0 aliphatic heterocycles. The molecule has 0 radical (unpaired) electrons. The Balaban J connectivity index is 3.50. The molecule has 0 aromatic rings. The minimum Gasteiger partial charge on any atom is -0.462 e. The Kier molecular flexibility index (Phi) is 33.9. The Labute approximate surface area is 274 Å². The van der Waals surface area contributed by atoms with Crippen LogP contribution >= 0.6 is 0 Å². The van der Waals surface area contributed by atoms with Crippen molar-refractivity contribution in [3.63, 3.8) is 0 Å². The zero-order valence-electron chi connectivity index (χ0n) is 29.9. The number of rotatable bonds is 35. The van der Waals surface area contributed by atoms with Crippen LogP contribution in [0.3, 0.4) is 0 Å². The average molecular weight is 625 g/mol. The standard InChI is InChI=1S/C39H76O5/c1-4-5-6-7-8-9-10-11-14-17-20-23-26-29-32-38(41)43-35-37(34-40)44-39(42)33-30-27-24-21-18-15-12-13-16-19-22-25-28-31-36(2)3/h36-37,40H,4-35H2,1-3H3/t37-/m0/s1. The molecule has 0 aromatic heterocycles. The molecule has 5 heteroatoms. The van der Waals surface area contributed by atoms with Gasteiger partial charge in [0.25, 0.3) is 0 Å². The smallest absolute Gasteiger partial charge is 0.306 e. The molecule has 44 heavy (non-hydrogen) atoms. The van der Waals surface area contributed by atoms with E-state index in [9.17, 15) is 14.7 Å². The second kappa shape index (κ2) is 34.8. The molecular formula is C39H76O5. The molecule has 0 aromatic carbocycles. The average Bonchev–Trinajstić information content (AvgIpc) is 3.01. The maximum atomic E-state index is 12.2. The molecule has 5 nitrogen and oxygen atoms in total. The van der Waals surface area contributed by atoms with Crippen molar-refractivity contribution < 1.29 is 24.2 Å². The summed E-state index contributed by atoms with van der Waals surface area (Å²) in [6.45, 7) is 6.51. The highest BCUT2D eigenvalue weighted by atomic mass is 16.6. The van der Waals surface area contributed by atoms with Crippen LogP contribution in [0, 0.1) is 5.92 Å². The van der Waals surface area contributed by atoms with Gasteiger partial charge in [-0.05, 0) is 18.8 Å². The van der Waals surface area contributed by atoms with Gasteiger partial charge in [-0.1, -0.05) is 188 Å². The summed E-state index contributed by atoms with van der Waals surface area (Å²) in [5.41, 5.74) is 0. The van der Waals surface area contributed by atoms with Gasteiger partial charge < -0.3 is 14.6 Å². The molecule has 0 spiro atoms. The Morgan fingerprint density at radius 1 is 0.500 bits per heavy atom. The normalized spacial score (nSPS) is 12.1. The summed E-state index contributed by atoms with van der Waals surface area (Å²) in [5.74, 6) is 0.269. The highest BCUT2D eigenvalue weighted by Gasteiger charge is 2.16. The summed E-state index contributed by atoms with van der Waals surface area (Å²) in [7, 11) is 0. The quantitative estimate of drug-likeness (QED) is 0.0561. The number of aliphatic hydroxyl groups is 1. The molecule has 1 atom stereocenters. The Morgan fingerprint density at radius 2 is 0.841 bits per heavy atom. The third kappa shape index (κ3) is 33.8. The number of ether oxygens (including phenoxy) is 2. The lowest BCUT2D eigenvalue weighted by Crippen LogP contribution is -2.28. The lowest BCUT2D eigenvalue weighted by atomic mass is 10.0. The number of unbranched alkanes of at least 4 members (excludes halogenated alkanes) is 25. The van der Waals surface area contributed by atoms with E-state index in [1.807, 2.05) is 0 Å². The zero-order chi connectivity index (χ0) is 32.4. The molecular weight excluding hydrogens is 548 g/mol. The van der Waals surface area contributed by atoms with Crippen molar-refractivity contribution in [1.29, 1.82) is 0 Å². The Morgan fingerprint density at radius 3 is 1.20 bits per heavy atom. The van der Waals surface area contributed by atoms with E-state index in [1.54, 1.807) is 0 Å². The fourth-order valence-electron chi connectivity index (χ4n) is 5.86. The van der Waals surface area contributed by atoms with E-state index in [4.69, 9.17) is 9.47 Å². The summed E-state index contributed by atoms with van der Waals surface area (Å²) in [6, 6.07) is 0. The lowest BCUT2D eigenvalue weighted by Gasteiger charge is -2.15. The van der Waals surface area contributed by atoms with Gasteiger partial charge in [0.15, 0.2) is 6.10 Å². The molecule has 0 fully saturated rings. The van der Waals surface area contributed by atoms with Crippen LogP contribution in [0.15, 0.2) is 0 Å². The van der Waals surface area contributed by atoms with Crippen molar-refractivity contribution >= 4 is 11.9 Å². The first kappa shape index (κ1) is 42.9. The molecule has 0 saturated carbocycles. The fourth-order valence-corrected chi connectivity index (χ4v) is 5.86. The highest BCUT2D eigenvalue weighted by molar-refractivity contribution is 5.70. The molecule has 1 N–H and O–H groups in total. The van der Waals surface area contributed by atoms with Crippen molar-refractivity contribution in [1.82, 2.24) is 0 Å². The number of carbonyl (C=O) groups excluding carboxylic acids is 2. The van der Waals surface area contributed by atoms with Crippen LogP contribution in [0.5, 0.6) is 0 Å². The first-order valence-corrected chi connectivity index (χ1v) is 19.5. The first-order valence-electron chi connectivity index (χ1n) is 19.5. The van der Waals surface area contributed by atoms with Crippen molar-refractivity contribution in [3.05, 3.63) is 0 Å². The van der Waals surface area contributed by atoms with Gasteiger partial charge in [-0.25, -0.2) is 0 Å². The van der Waals surface area contributed by atoms with Gasteiger partial charge in [0.2, 0.25) is 0 Å². The summed E-state index contributed by atoms with van der Waals surface area (Å²) in [6.07, 6.45) is 35.9. The predicted octanol–water partition coefficient (Wildman–Crippen LogP) is 11.8. The maximum Gasteiger partial charge on any atom is 0.306 e. The summed E-state index contributed by atoms with van der Waals surface area (Å²) in [5, 5.41) is 9.54. The largest absolute Gasteiger partial charge is 0.462 e. The third-order valence-electron chi connectivity index (χ3n) is 8.83. The summed E-state index contributed by atoms with van der Waals surface area (Å²) in [4.78, 5) is 24.2. The van der Waals surface area contributed by atoms with Crippen molar-refractivity contribution in [2.75, 3.05) is 13.2 Å². The van der Waals surface area contributed by atoms with E-state index < -0.39 is 6.10 Å². The van der Waals surface area contributed by atoms with Crippen LogP contribution in [0.4, 0.5) is 0 Å². The molecule has 0 bridgehead atoms. The van der Waals surface area contributed by atoms with Gasteiger partial charge >= 0.3 is 11.9 Å². The Bertz CT molecular complexity index is 605. The first-order chi connectivity index (χ1) is 21.5. The van der Waals surface area contributed by atoms with Crippen molar-refractivity contribution in [2.45, 2.75) is 219 Å². The minimum atomic E-state index is -0.761. The van der Waals surface area contributed by atoms with Gasteiger partial charge in [-0.3, -0.25) is 9.59 Å². The zero-order valence-corrected chi connectivity index (χ0v) is 29.9. The number of aliphatic hydroxyl groups excluding tert-OH is 1. The van der Waals surface area contributed by atoms with Gasteiger partial charge in [-0.2, -0.15) is 0 Å². The maximum absolute atomic E-state index is 12.2. The third-order valence-corrected chi connectivity index (χ3v) is 8.83. The number of hydrogen-bond donors (Lipinski definition) is 1. The SMILES string of the molecule is CCCCCCCCCCCCCCCCC(=O)OC[C@H](CO)OC(=O)CCCCCCCCCCCCCCCC(C)C. The molecule has 262 valence electrons. The van der Waals surface area contributed by atoms with Crippen molar-refractivity contribution in [3.8, 4) is 0 Å². The fraction of sp³-hybridized carbons (Fsp3) is 0.949. The van der Waals surface area contributed by atoms with E-state index in [0.29, 0.717) is 12.8 Å². The summed E-state index contributed by atoms with van der Waals surface area (Å²) >= 11 is 0. The second-order valence-electron chi connectivity index (χ2n) is 13.9. The topological polar surface area (TPSA) is 72.8 Å². The van der Waals surface area contributed by atoms with Crippen LogP contribution in [0.25, 0.3) is 0 Å². The minimum absolute atomic E-state index is 0.0577.